The summed E-state index contributed by atoms with van der Waals surface area (Å²) in [4.78, 5) is 29.1. The Morgan fingerprint density at radius 2 is 1.48 bits per heavy atom. The summed E-state index contributed by atoms with van der Waals surface area (Å²) in [7, 11) is -1.47. The number of amides is 2. The van der Waals surface area contributed by atoms with Crippen molar-refractivity contribution >= 4 is 62.3 Å². The monoisotopic (exact) mass is 673 g/mol. The molecule has 4 aromatic rings. The van der Waals surface area contributed by atoms with Crippen LogP contribution in [0.5, 0.6) is 5.75 Å². The molecule has 0 aliphatic rings. The Morgan fingerprint density at radius 1 is 0.864 bits per heavy atom. The quantitative estimate of drug-likeness (QED) is 0.192. The minimum absolute atomic E-state index is 0.0470. The van der Waals surface area contributed by atoms with Crippen LogP contribution in [0.2, 0.25) is 15.1 Å². The number of methoxy groups -OCH3 is 1. The summed E-state index contributed by atoms with van der Waals surface area (Å²) in [6, 6.07) is 25.2. The van der Waals surface area contributed by atoms with Crippen molar-refractivity contribution < 1.29 is 22.7 Å². The Bertz CT molecular complexity index is 1720. The number of hydrogen-bond acceptors (Lipinski definition) is 5. The molecule has 1 N–H and O–H groups in total. The number of rotatable bonds is 12. The van der Waals surface area contributed by atoms with Gasteiger partial charge in [0.15, 0.2) is 0 Å². The molecular formula is C32H30Cl3N3O5S. The normalized spacial score (nSPS) is 11.8. The third-order valence-electron chi connectivity index (χ3n) is 6.89. The van der Waals surface area contributed by atoms with Gasteiger partial charge in [0.2, 0.25) is 11.8 Å². The zero-order valence-electron chi connectivity index (χ0n) is 23.9. The van der Waals surface area contributed by atoms with E-state index in [1.54, 1.807) is 36.4 Å². The molecule has 44 heavy (non-hydrogen) atoms. The average Bonchev–Trinajstić information content (AvgIpc) is 3.02. The summed E-state index contributed by atoms with van der Waals surface area (Å²) in [5, 5.41) is 3.56. The van der Waals surface area contributed by atoms with Crippen LogP contribution in [0.1, 0.15) is 11.1 Å². The van der Waals surface area contributed by atoms with Crippen LogP contribution in [0, 0.1) is 0 Å². The van der Waals surface area contributed by atoms with Gasteiger partial charge in [0.1, 0.15) is 18.3 Å². The van der Waals surface area contributed by atoms with E-state index in [2.05, 4.69) is 5.32 Å². The van der Waals surface area contributed by atoms with Gasteiger partial charge in [-0.05, 0) is 53.6 Å². The molecular weight excluding hydrogens is 645 g/mol. The van der Waals surface area contributed by atoms with Gasteiger partial charge in [-0.15, -0.1) is 0 Å². The molecule has 0 spiro atoms. The first-order chi connectivity index (χ1) is 21.0. The number of carbonyl (C=O) groups excluding carboxylic acids is 2. The smallest absolute Gasteiger partial charge is 0.264 e. The highest BCUT2D eigenvalue weighted by molar-refractivity contribution is 7.92. The van der Waals surface area contributed by atoms with Crippen molar-refractivity contribution in [2.24, 2.45) is 0 Å². The second-order valence-corrected chi connectivity index (χ2v) is 12.9. The summed E-state index contributed by atoms with van der Waals surface area (Å²) < 4.78 is 34.6. The lowest BCUT2D eigenvalue weighted by molar-refractivity contribution is -0.139. The molecule has 12 heteroatoms. The van der Waals surface area contributed by atoms with E-state index in [0.29, 0.717) is 10.6 Å². The number of hydrogen-bond donors (Lipinski definition) is 1. The molecule has 0 radical (unpaired) electrons. The minimum Gasteiger partial charge on any atom is -0.495 e. The van der Waals surface area contributed by atoms with Crippen LogP contribution in [0.25, 0.3) is 0 Å². The summed E-state index contributed by atoms with van der Waals surface area (Å²) in [5.74, 6) is -0.923. The van der Waals surface area contributed by atoms with Crippen molar-refractivity contribution in [1.82, 2.24) is 10.2 Å². The number of nitrogens with one attached hydrogen (secondary N) is 1. The number of halogens is 3. The highest BCUT2D eigenvalue weighted by Gasteiger charge is 2.35. The van der Waals surface area contributed by atoms with Crippen LogP contribution >= 0.6 is 34.8 Å². The van der Waals surface area contributed by atoms with Crippen molar-refractivity contribution in [3.05, 3.63) is 123 Å². The maximum Gasteiger partial charge on any atom is 0.264 e. The van der Waals surface area contributed by atoms with Gasteiger partial charge in [-0.3, -0.25) is 13.9 Å². The van der Waals surface area contributed by atoms with Crippen LogP contribution in [0.3, 0.4) is 0 Å². The number of anilines is 1. The molecule has 0 saturated carbocycles. The molecule has 0 saturated heterocycles. The van der Waals surface area contributed by atoms with Gasteiger partial charge in [0, 0.05) is 35.1 Å². The summed E-state index contributed by atoms with van der Waals surface area (Å²) in [6.07, 6.45) is 0.156. The Kier molecular flexibility index (Phi) is 11.2. The molecule has 4 rings (SSSR count). The van der Waals surface area contributed by atoms with Crippen molar-refractivity contribution in [3.63, 3.8) is 0 Å². The SMILES string of the molecule is CNC(=O)[C@@H](Cc1ccccc1)N(Cc1ccc(Cl)cc1Cl)C(=O)CN(c1cc(Cl)ccc1OC)S(=O)(=O)c1ccccc1. The number of carbonyl (C=O) groups is 2. The maximum atomic E-state index is 14.4. The Labute approximate surface area is 272 Å². The largest absolute Gasteiger partial charge is 0.495 e. The average molecular weight is 675 g/mol. The van der Waals surface area contributed by atoms with E-state index in [1.165, 1.54) is 49.4 Å². The van der Waals surface area contributed by atoms with Crippen LogP contribution in [0.15, 0.2) is 102 Å². The van der Waals surface area contributed by atoms with Crippen molar-refractivity contribution in [1.29, 1.82) is 0 Å². The minimum atomic E-state index is -4.33. The molecule has 0 aliphatic carbocycles. The molecule has 0 aromatic heterocycles. The van der Waals surface area contributed by atoms with Gasteiger partial charge < -0.3 is 15.0 Å². The topological polar surface area (TPSA) is 96.0 Å². The van der Waals surface area contributed by atoms with Gasteiger partial charge in [0.05, 0.1) is 17.7 Å². The fourth-order valence-corrected chi connectivity index (χ4v) is 6.72. The van der Waals surface area contributed by atoms with Crippen LogP contribution in [-0.4, -0.2) is 51.9 Å². The highest BCUT2D eigenvalue weighted by Crippen LogP contribution is 2.35. The van der Waals surface area contributed by atoms with E-state index < -0.39 is 34.4 Å². The number of likely N-dealkylation sites (N-methyl/N-ethyl adjacent to an activating group) is 1. The van der Waals surface area contributed by atoms with Crippen LogP contribution in [0.4, 0.5) is 5.69 Å². The lowest BCUT2D eigenvalue weighted by Gasteiger charge is -2.34. The predicted molar refractivity (Wildman–Crippen MR) is 174 cm³/mol. The van der Waals surface area contributed by atoms with Gasteiger partial charge in [-0.2, -0.15) is 0 Å². The first kappa shape index (κ1) is 33.1. The zero-order chi connectivity index (χ0) is 31.9. The van der Waals surface area contributed by atoms with E-state index in [4.69, 9.17) is 39.5 Å². The summed E-state index contributed by atoms with van der Waals surface area (Å²) in [5.41, 5.74) is 1.37. The van der Waals surface area contributed by atoms with E-state index in [9.17, 15) is 18.0 Å². The molecule has 0 unspecified atom stereocenters. The molecule has 0 aliphatic heterocycles. The number of nitrogens with zero attached hydrogens (tertiary/aromatic N) is 2. The Morgan fingerprint density at radius 3 is 2.09 bits per heavy atom. The van der Waals surface area contributed by atoms with E-state index in [1.807, 2.05) is 30.3 Å². The first-order valence-corrected chi connectivity index (χ1v) is 16.0. The lowest BCUT2D eigenvalue weighted by atomic mass is 10.0. The lowest BCUT2D eigenvalue weighted by Crippen LogP contribution is -2.53. The van der Waals surface area contributed by atoms with E-state index >= 15 is 0 Å². The fraction of sp³-hybridized carbons (Fsp3) is 0.188. The summed E-state index contributed by atoms with van der Waals surface area (Å²) in [6.45, 7) is -0.785. The molecule has 4 aromatic carbocycles. The van der Waals surface area contributed by atoms with Gasteiger partial charge >= 0.3 is 0 Å². The molecule has 0 heterocycles. The molecule has 0 fully saturated rings. The molecule has 230 valence electrons. The van der Waals surface area contributed by atoms with Gasteiger partial charge in [0.25, 0.3) is 10.0 Å². The molecule has 1 atom stereocenters. The second kappa shape index (κ2) is 14.8. The molecule has 8 nitrogen and oxygen atoms in total. The standard InChI is InChI=1S/C32H30Cl3N3O5S/c1-36-32(40)29(17-22-9-5-3-6-10-22)37(20-23-13-14-24(33)18-27(23)35)31(39)21-38(28-19-25(34)15-16-30(28)43-2)44(41,42)26-11-7-4-8-12-26/h3-16,18-19,29H,17,20-21H2,1-2H3,(H,36,40)/t29-/m1/s1. The van der Waals surface area contributed by atoms with Gasteiger partial charge in [-0.1, -0.05) is 89.4 Å². The van der Waals surface area contributed by atoms with Crippen molar-refractivity contribution in [2.45, 2.75) is 23.9 Å². The molecule has 0 bridgehead atoms. The second-order valence-electron chi connectivity index (χ2n) is 9.72. The third kappa shape index (κ3) is 7.84. The predicted octanol–water partition coefficient (Wildman–Crippen LogP) is 6.24. The van der Waals surface area contributed by atoms with Crippen LogP contribution in [-0.2, 0) is 32.6 Å². The zero-order valence-corrected chi connectivity index (χ0v) is 27.0. The third-order valence-corrected chi connectivity index (χ3v) is 9.49. The molecule has 2 amide bonds. The van der Waals surface area contributed by atoms with Gasteiger partial charge in [-0.25, -0.2) is 8.42 Å². The van der Waals surface area contributed by atoms with E-state index in [-0.39, 0.29) is 39.3 Å². The number of ether oxygens (including phenoxy) is 1. The number of sulfonamides is 1. The highest BCUT2D eigenvalue weighted by atomic mass is 35.5. The first-order valence-electron chi connectivity index (χ1n) is 13.5. The maximum absolute atomic E-state index is 14.4. The van der Waals surface area contributed by atoms with Crippen LogP contribution < -0.4 is 14.4 Å². The van der Waals surface area contributed by atoms with Crippen molar-refractivity contribution in [3.8, 4) is 5.75 Å². The summed E-state index contributed by atoms with van der Waals surface area (Å²) >= 11 is 18.9. The van der Waals surface area contributed by atoms with E-state index in [0.717, 1.165) is 9.87 Å². The Hall–Kier alpha value is -3.76. The fourth-order valence-electron chi connectivity index (χ4n) is 4.65. The number of benzene rings is 4. The Balaban J connectivity index is 1.85. The van der Waals surface area contributed by atoms with Crippen molar-refractivity contribution in [2.75, 3.05) is 25.0 Å².